The molecule has 0 aliphatic heterocycles. The number of furan rings is 1. The van der Waals surface area contributed by atoms with Crippen molar-refractivity contribution in [1.29, 1.82) is 0 Å². The second-order valence-electron chi connectivity index (χ2n) is 13.7. The standard InChI is InChI=1S/C52H35NO/c1-3-14-36(15-4-1)40-20-11-21-41(34-40)42-22-12-23-44(35-42)53(43-30-28-39(29-31-43)46-26-13-19-37-18-7-8-24-45(37)46)49-33-32-47(38-16-5-2-6-17-38)52-51(49)48-25-9-10-27-50(48)54-52/h1-35H. The molecule has 0 unspecified atom stereocenters. The zero-order valence-corrected chi connectivity index (χ0v) is 29.6. The molecule has 10 rings (SSSR count). The fourth-order valence-corrected chi connectivity index (χ4v) is 7.87. The zero-order chi connectivity index (χ0) is 35.8. The maximum atomic E-state index is 6.74. The van der Waals surface area contributed by atoms with E-state index >= 15 is 0 Å². The van der Waals surface area contributed by atoms with Crippen LogP contribution in [0.3, 0.4) is 0 Å². The number of rotatable bonds is 7. The molecule has 0 fully saturated rings. The first kappa shape index (κ1) is 31.6. The molecule has 2 nitrogen and oxygen atoms in total. The molecule has 1 heterocycles. The molecule has 54 heavy (non-hydrogen) atoms. The number of hydrogen-bond acceptors (Lipinski definition) is 2. The smallest absolute Gasteiger partial charge is 0.145 e. The summed E-state index contributed by atoms with van der Waals surface area (Å²) in [4.78, 5) is 2.39. The monoisotopic (exact) mass is 689 g/mol. The molecule has 0 spiro atoms. The SMILES string of the molecule is c1ccc(-c2cccc(-c3cccc(N(c4ccc(-c5cccc6ccccc56)cc4)c4ccc(-c5ccccc5)c5oc6ccccc6c45)c3)c2)cc1. The van der Waals surface area contributed by atoms with Crippen molar-refractivity contribution in [2.24, 2.45) is 0 Å². The minimum Gasteiger partial charge on any atom is -0.455 e. The van der Waals surface area contributed by atoms with Gasteiger partial charge in [-0.25, -0.2) is 0 Å². The summed E-state index contributed by atoms with van der Waals surface area (Å²) in [7, 11) is 0. The van der Waals surface area contributed by atoms with Crippen LogP contribution in [0.5, 0.6) is 0 Å². The normalized spacial score (nSPS) is 11.3. The predicted octanol–water partition coefficient (Wildman–Crippen LogP) is 14.9. The Hall–Kier alpha value is -7.16. The summed E-state index contributed by atoms with van der Waals surface area (Å²) in [6.07, 6.45) is 0. The molecule has 2 heteroatoms. The van der Waals surface area contributed by atoms with E-state index in [9.17, 15) is 0 Å². The van der Waals surface area contributed by atoms with Gasteiger partial charge in [0.2, 0.25) is 0 Å². The molecule has 0 amide bonds. The lowest BCUT2D eigenvalue weighted by molar-refractivity contribution is 0.670. The number of fused-ring (bicyclic) bond motifs is 4. The van der Waals surface area contributed by atoms with E-state index in [4.69, 9.17) is 4.42 Å². The second kappa shape index (κ2) is 13.4. The van der Waals surface area contributed by atoms with Crippen LogP contribution in [0, 0.1) is 0 Å². The van der Waals surface area contributed by atoms with E-state index in [1.807, 2.05) is 6.07 Å². The number of para-hydroxylation sites is 1. The van der Waals surface area contributed by atoms with E-state index in [1.165, 1.54) is 38.6 Å². The summed E-state index contributed by atoms with van der Waals surface area (Å²) in [5, 5.41) is 4.66. The van der Waals surface area contributed by atoms with Crippen LogP contribution in [-0.4, -0.2) is 0 Å². The highest BCUT2D eigenvalue weighted by atomic mass is 16.3. The number of nitrogens with zero attached hydrogens (tertiary/aromatic N) is 1. The summed E-state index contributed by atoms with van der Waals surface area (Å²) in [5.74, 6) is 0. The second-order valence-corrected chi connectivity index (χ2v) is 13.7. The number of benzene rings is 9. The maximum absolute atomic E-state index is 6.74. The number of hydrogen-bond donors (Lipinski definition) is 0. The van der Waals surface area contributed by atoms with Crippen molar-refractivity contribution < 1.29 is 4.42 Å². The Morgan fingerprint density at radius 3 is 1.70 bits per heavy atom. The van der Waals surface area contributed by atoms with Gasteiger partial charge in [-0.15, -0.1) is 0 Å². The van der Waals surface area contributed by atoms with Crippen LogP contribution in [0.2, 0.25) is 0 Å². The van der Waals surface area contributed by atoms with Gasteiger partial charge in [0.15, 0.2) is 0 Å². The average molecular weight is 690 g/mol. The highest BCUT2D eigenvalue weighted by molar-refractivity contribution is 6.17. The van der Waals surface area contributed by atoms with Crippen LogP contribution >= 0.6 is 0 Å². The van der Waals surface area contributed by atoms with Gasteiger partial charge in [-0.1, -0.05) is 164 Å². The van der Waals surface area contributed by atoms with Crippen molar-refractivity contribution in [3.63, 3.8) is 0 Å². The summed E-state index contributed by atoms with van der Waals surface area (Å²) in [5.41, 5.74) is 14.3. The first-order valence-corrected chi connectivity index (χ1v) is 18.4. The van der Waals surface area contributed by atoms with Crippen LogP contribution < -0.4 is 4.90 Å². The van der Waals surface area contributed by atoms with Gasteiger partial charge < -0.3 is 9.32 Å². The van der Waals surface area contributed by atoms with Gasteiger partial charge in [0.25, 0.3) is 0 Å². The van der Waals surface area contributed by atoms with Gasteiger partial charge in [-0.05, 0) is 98.2 Å². The Balaban J connectivity index is 1.17. The van der Waals surface area contributed by atoms with E-state index in [-0.39, 0.29) is 0 Å². The van der Waals surface area contributed by atoms with Crippen molar-refractivity contribution in [3.05, 3.63) is 212 Å². The molecule has 0 bridgehead atoms. The molecule has 0 saturated carbocycles. The highest BCUT2D eigenvalue weighted by Gasteiger charge is 2.22. The van der Waals surface area contributed by atoms with Crippen molar-refractivity contribution in [2.75, 3.05) is 4.90 Å². The van der Waals surface area contributed by atoms with Gasteiger partial charge in [-0.2, -0.15) is 0 Å². The molecule has 0 saturated heterocycles. The van der Waals surface area contributed by atoms with Crippen LogP contribution in [0.4, 0.5) is 17.1 Å². The molecule has 254 valence electrons. The predicted molar refractivity (Wildman–Crippen MR) is 228 cm³/mol. The fraction of sp³-hybridized carbons (Fsp3) is 0. The van der Waals surface area contributed by atoms with E-state index in [0.29, 0.717) is 0 Å². The fourth-order valence-electron chi connectivity index (χ4n) is 7.87. The maximum Gasteiger partial charge on any atom is 0.145 e. The van der Waals surface area contributed by atoms with Gasteiger partial charge in [0.05, 0.1) is 11.1 Å². The van der Waals surface area contributed by atoms with E-state index < -0.39 is 0 Å². The third kappa shape index (κ3) is 5.62. The lowest BCUT2D eigenvalue weighted by Gasteiger charge is -2.27. The van der Waals surface area contributed by atoms with Crippen LogP contribution in [0.25, 0.3) is 77.2 Å². The zero-order valence-electron chi connectivity index (χ0n) is 29.6. The topological polar surface area (TPSA) is 16.4 Å². The van der Waals surface area contributed by atoms with Gasteiger partial charge in [0, 0.05) is 22.3 Å². The Kier molecular flexibility index (Phi) is 7.85. The number of anilines is 3. The molecule has 0 radical (unpaired) electrons. The average Bonchev–Trinajstić information content (AvgIpc) is 3.65. The molecule has 0 aliphatic rings. The molecular formula is C52H35NO. The lowest BCUT2D eigenvalue weighted by atomic mass is 9.97. The van der Waals surface area contributed by atoms with E-state index in [1.54, 1.807) is 0 Å². The molecule has 9 aromatic carbocycles. The van der Waals surface area contributed by atoms with Crippen molar-refractivity contribution in [1.82, 2.24) is 0 Å². The third-order valence-corrected chi connectivity index (χ3v) is 10.5. The summed E-state index contributed by atoms with van der Waals surface area (Å²) in [6.45, 7) is 0. The molecule has 10 aromatic rings. The van der Waals surface area contributed by atoms with Gasteiger partial charge >= 0.3 is 0 Å². The molecule has 0 N–H and O–H groups in total. The summed E-state index contributed by atoms with van der Waals surface area (Å²) >= 11 is 0. The minimum atomic E-state index is 0.870. The van der Waals surface area contributed by atoms with E-state index in [2.05, 4.69) is 211 Å². The molecule has 0 aliphatic carbocycles. The molecule has 0 atom stereocenters. The van der Waals surface area contributed by atoms with E-state index in [0.717, 1.165) is 55.7 Å². The Morgan fingerprint density at radius 2 is 0.907 bits per heavy atom. The first-order chi connectivity index (χ1) is 26.8. The quantitative estimate of drug-likeness (QED) is 0.166. The largest absolute Gasteiger partial charge is 0.455 e. The minimum absolute atomic E-state index is 0.870. The molecule has 1 aromatic heterocycles. The Labute approximate surface area is 314 Å². The first-order valence-electron chi connectivity index (χ1n) is 18.4. The van der Waals surface area contributed by atoms with Crippen molar-refractivity contribution in [3.8, 4) is 44.5 Å². The summed E-state index contributed by atoms with van der Waals surface area (Å²) < 4.78 is 6.74. The Bertz CT molecular complexity index is 2920. The van der Waals surface area contributed by atoms with Crippen LogP contribution in [0.1, 0.15) is 0 Å². The lowest BCUT2D eigenvalue weighted by Crippen LogP contribution is -2.10. The van der Waals surface area contributed by atoms with Crippen LogP contribution in [-0.2, 0) is 0 Å². The van der Waals surface area contributed by atoms with Crippen molar-refractivity contribution in [2.45, 2.75) is 0 Å². The van der Waals surface area contributed by atoms with Crippen molar-refractivity contribution >= 4 is 49.8 Å². The third-order valence-electron chi connectivity index (χ3n) is 10.5. The van der Waals surface area contributed by atoms with Gasteiger partial charge in [0.1, 0.15) is 11.2 Å². The summed E-state index contributed by atoms with van der Waals surface area (Å²) in [6, 6.07) is 75.8. The van der Waals surface area contributed by atoms with Crippen LogP contribution in [0.15, 0.2) is 217 Å². The Morgan fingerprint density at radius 1 is 0.333 bits per heavy atom. The van der Waals surface area contributed by atoms with Gasteiger partial charge in [-0.3, -0.25) is 0 Å². The molecular weight excluding hydrogens is 655 g/mol. The highest BCUT2D eigenvalue weighted by Crippen LogP contribution is 2.47.